The van der Waals surface area contributed by atoms with Crippen LogP contribution in [0.15, 0.2) is 0 Å². The first kappa shape index (κ1) is 9.07. The Hall–Kier alpha value is -0.0866. The zero-order valence-corrected chi connectivity index (χ0v) is 3.37. The maximum Gasteiger partial charge on any atom is 0.283 e. The van der Waals surface area contributed by atoms with Crippen LogP contribution in [0.1, 0.15) is 0 Å². The van der Waals surface area contributed by atoms with Crippen LogP contribution < -0.4 is 0 Å². The maximum absolute atomic E-state index is 6.88. The average molecular weight is 146 g/mol. The molecule has 3 heteroatoms. The van der Waals surface area contributed by atoms with Crippen molar-refractivity contribution in [1.82, 2.24) is 0 Å². The average Bonchev–Trinajstić information content (AvgIpc) is 0.918. The van der Waals surface area contributed by atoms with Crippen molar-refractivity contribution in [2.75, 3.05) is 0 Å². The summed E-state index contributed by atoms with van der Waals surface area (Å²) in [6.07, 6.45) is 0.750. The van der Waals surface area contributed by atoms with Gasteiger partial charge in [-0.2, -0.15) is 5.26 Å². The van der Waals surface area contributed by atoms with E-state index in [1.807, 2.05) is 0 Å². The monoisotopic (exact) mass is 146 g/mol. The molecule has 4 heavy (non-hydrogen) atoms. The Morgan fingerprint density at radius 1 is 1.75 bits per heavy atom. The van der Waals surface area contributed by atoms with Gasteiger partial charge in [0.1, 0.15) is 0 Å². The van der Waals surface area contributed by atoms with Crippen LogP contribution in [0.25, 0.3) is 0 Å². The van der Waals surface area contributed by atoms with Crippen LogP contribution in [0.4, 0.5) is 0 Å². The van der Waals surface area contributed by atoms with Gasteiger partial charge in [0, 0.05) is 19.5 Å². The summed E-state index contributed by atoms with van der Waals surface area (Å²) < 4.78 is 0. The van der Waals surface area contributed by atoms with Gasteiger partial charge in [0.25, 0.3) is 6.26 Å². The molecule has 0 aliphatic carbocycles. The van der Waals surface area contributed by atoms with Gasteiger partial charge < -0.3 is 5.11 Å². The van der Waals surface area contributed by atoms with Crippen molar-refractivity contribution >= 4 is 0 Å². The van der Waals surface area contributed by atoms with E-state index in [4.69, 9.17) is 10.4 Å². The van der Waals surface area contributed by atoms with E-state index in [-0.39, 0.29) is 19.5 Å². The van der Waals surface area contributed by atoms with Crippen molar-refractivity contribution in [1.29, 1.82) is 5.26 Å². The summed E-state index contributed by atoms with van der Waals surface area (Å²) in [7, 11) is 0. The fourth-order valence-electron chi connectivity index (χ4n) is 0. The summed E-state index contributed by atoms with van der Waals surface area (Å²) in [6.45, 7) is 0. The fraction of sp³-hybridized carbons (Fsp3) is 0. The third-order valence-electron chi connectivity index (χ3n) is 0. The summed E-state index contributed by atoms with van der Waals surface area (Å²) in [6, 6.07) is 0. The third kappa shape index (κ3) is 213. The van der Waals surface area contributed by atoms with E-state index < -0.39 is 0 Å². The molecule has 0 bridgehead atoms. The number of hydrogen-bond acceptors (Lipinski definition) is 2. The van der Waals surface area contributed by atoms with Crippen LogP contribution in [0, 0.1) is 11.5 Å². The van der Waals surface area contributed by atoms with E-state index >= 15 is 0 Å². The standard InChI is InChI=1S/CHNO.Rh/c2-1-3;/h3H;. The second-order valence-corrected chi connectivity index (χ2v) is 0.100. The van der Waals surface area contributed by atoms with Crippen molar-refractivity contribution in [3.05, 3.63) is 0 Å². The molecule has 0 aromatic heterocycles. The van der Waals surface area contributed by atoms with Gasteiger partial charge in [-0.15, -0.1) is 0 Å². The molecule has 0 amide bonds. The predicted molar refractivity (Wildman–Crippen MR) is 7.55 cm³/mol. The van der Waals surface area contributed by atoms with Crippen molar-refractivity contribution < 1.29 is 24.6 Å². The minimum Gasteiger partial charge on any atom is -0.443 e. The Kier molecular flexibility index (Phi) is 29.0. The van der Waals surface area contributed by atoms with E-state index in [0.29, 0.717) is 0 Å². The SMILES string of the molecule is N#CO.[Rh]. The van der Waals surface area contributed by atoms with Gasteiger partial charge in [-0.25, -0.2) is 0 Å². The van der Waals surface area contributed by atoms with Crippen LogP contribution in [0.3, 0.4) is 0 Å². The quantitative estimate of drug-likeness (QED) is 0.381. The largest absolute Gasteiger partial charge is 0.443 e. The molecule has 0 aliphatic heterocycles. The summed E-state index contributed by atoms with van der Waals surface area (Å²) in [4.78, 5) is 0. The van der Waals surface area contributed by atoms with Crippen molar-refractivity contribution in [3.63, 3.8) is 0 Å². The molecule has 0 fully saturated rings. The molecule has 25 valence electrons. The molecule has 0 unspecified atom stereocenters. The normalized spacial score (nSPS) is 1.75. The number of nitriles is 1. The first-order valence-electron chi connectivity index (χ1n) is 0.447. The molecule has 0 heterocycles. The number of rotatable bonds is 0. The Bertz CT molecular complexity index is 29.5. The number of aliphatic hydroxyl groups excluding tert-OH is 1. The van der Waals surface area contributed by atoms with Gasteiger partial charge in [0.15, 0.2) is 0 Å². The van der Waals surface area contributed by atoms with Crippen LogP contribution in [0.5, 0.6) is 0 Å². The van der Waals surface area contributed by atoms with Gasteiger partial charge in [0.05, 0.1) is 0 Å². The van der Waals surface area contributed by atoms with Gasteiger partial charge >= 0.3 is 0 Å². The summed E-state index contributed by atoms with van der Waals surface area (Å²) in [5, 5.41) is 13.8. The third-order valence-corrected chi connectivity index (χ3v) is 0. The second kappa shape index (κ2) is 12.8. The molecule has 0 spiro atoms. The van der Waals surface area contributed by atoms with Crippen molar-refractivity contribution in [2.24, 2.45) is 0 Å². The smallest absolute Gasteiger partial charge is 0.283 e. The Morgan fingerprint density at radius 2 is 1.75 bits per heavy atom. The first-order chi connectivity index (χ1) is 1.41. The Balaban J connectivity index is 0. The van der Waals surface area contributed by atoms with Crippen LogP contribution >= 0.6 is 0 Å². The van der Waals surface area contributed by atoms with Crippen molar-refractivity contribution in [3.8, 4) is 6.26 Å². The van der Waals surface area contributed by atoms with Gasteiger partial charge in [-0.05, 0) is 0 Å². The minimum absolute atomic E-state index is 0. The molecule has 2 nitrogen and oxygen atoms in total. The minimum atomic E-state index is 0. The topological polar surface area (TPSA) is 44.0 Å². The second-order valence-electron chi connectivity index (χ2n) is 0.100. The predicted octanol–water partition coefficient (Wildman–Crippen LogP) is -0.163. The fourth-order valence-corrected chi connectivity index (χ4v) is 0. The zero-order chi connectivity index (χ0) is 2.71. The molecular formula is CHNORh. The number of hydrogen-bond donors (Lipinski definition) is 1. The van der Waals surface area contributed by atoms with Crippen LogP contribution in [0.2, 0.25) is 0 Å². The molecule has 0 aromatic rings. The molecule has 0 atom stereocenters. The van der Waals surface area contributed by atoms with E-state index in [0.717, 1.165) is 6.26 Å². The number of nitrogens with zero attached hydrogens (tertiary/aromatic N) is 1. The summed E-state index contributed by atoms with van der Waals surface area (Å²) in [5.41, 5.74) is 0. The molecule has 0 aromatic carbocycles. The van der Waals surface area contributed by atoms with E-state index in [1.165, 1.54) is 0 Å². The molecule has 0 rings (SSSR count). The van der Waals surface area contributed by atoms with Gasteiger partial charge in [-0.1, -0.05) is 0 Å². The number of aliphatic hydroxyl groups is 1. The van der Waals surface area contributed by atoms with Gasteiger partial charge in [0.2, 0.25) is 0 Å². The summed E-state index contributed by atoms with van der Waals surface area (Å²) >= 11 is 0. The molecule has 0 saturated carbocycles. The Labute approximate surface area is 36.8 Å². The van der Waals surface area contributed by atoms with Crippen LogP contribution in [-0.4, -0.2) is 5.11 Å². The van der Waals surface area contributed by atoms with E-state index in [1.54, 1.807) is 0 Å². The van der Waals surface area contributed by atoms with E-state index in [2.05, 4.69) is 0 Å². The van der Waals surface area contributed by atoms with Crippen molar-refractivity contribution in [2.45, 2.75) is 0 Å². The zero-order valence-electron chi connectivity index (χ0n) is 1.73. The van der Waals surface area contributed by atoms with Gasteiger partial charge in [-0.3, -0.25) is 0 Å². The van der Waals surface area contributed by atoms with Crippen LogP contribution in [-0.2, 0) is 19.5 Å². The Morgan fingerprint density at radius 3 is 1.75 bits per heavy atom. The molecule has 1 N–H and O–H groups in total. The molecular weight excluding hydrogens is 145 g/mol. The molecule has 0 saturated heterocycles. The van der Waals surface area contributed by atoms with E-state index in [9.17, 15) is 0 Å². The maximum atomic E-state index is 6.88. The summed E-state index contributed by atoms with van der Waals surface area (Å²) in [5.74, 6) is 0. The molecule has 1 radical (unpaired) electrons. The first-order valence-corrected chi connectivity index (χ1v) is 0.447. The molecule has 0 aliphatic rings.